The maximum absolute atomic E-state index is 12.8. The lowest BCUT2D eigenvalue weighted by Gasteiger charge is -2.30. The van der Waals surface area contributed by atoms with Gasteiger partial charge in [-0.2, -0.15) is 0 Å². The van der Waals surface area contributed by atoms with Crippen molar-refractivity contribution in [2.24, 2.45) is 0 Å². The van der Waals surface area contributed by atoms with Crippen molar-refractivity contribution in [1.82, 2.24) is 9.88 Å². The van der Waals surface area contributed by atoms with Crippen molar-refractivity contribution in [3.05, 3.63) is 81.6 Å². The van der Waals surface area contributed by atoms with Crippen molar-refractivity contribution in [3.63, 3.8) is 0 Å². The van der Waals surface area contributed by atoms with Crippen molar-refractivity contribution in [2.75, 3.05) is 19.7 Å². The number of para-hydroxylation sites is 1. The molecule has 272 valence electrons. The molecule has 0 aliphatic heterocycles. The number of amides is 1. The van der Waals surface area contributed by atoms with Crippen LogP contribution in [0.5, 0.6) is 5.75 Å². The highest BCUT2D eigenvalue weighted by Gasteiger charge is 2.48. The van der Waals surface area contributed by atoms with Crippen LogP contribution < -0.4 is 4.74 Å². The van der Waals surface area contributed by atoms with Gasteiger partial charge in [-0.05, 0) is 92.3 Å². The van der Waals surface area contributed by atoms with E-state index in [1.165, 1.54) is 4.90 Å². The van der Waals surface area contributed by atoms with E-state index in [2.05, 4.69) is 11.1 Å². The predicted molar refractivity (Wildman–Crippen MR) is 191 cm³/mol. The van der Waals surface area contributed by atoms with Crippen LogP contribution in [0.2, 0.25) is 10.0 Å². The number of aromatic nitrogens is 1. The van der Waals surface area contributed by atoms with Gasteiger partial charge >= 0.3 is 0 Å². The number of unbranched alkanes of at least 4 members (excludes halogenated alkanes) is 1. The Morgan fingerprint density at radius 3 is 2.38 bits per heavy atom. The Balaban J connectivity index is 1.18. The third-order valence-electron chi connectivity index (χ3n) is 9.40. The molecule has 0 saturated heterocycles. The summed E-state index contributed by atoms with van der Waals surface area (Å²) in [5.41, 5.74) is 4.27. The summed E-state index contributed by atoms with van der Waals surface area (Å²) < 4.78 is 12.8. The van der Waals surface area contributed by atoms with Gasteiger partial charge in [0, 0.05) is 53.1 Å². The molecule has 2 aromatic carbocycles. The molecule has 0 bridgehead atoms. The van der Waals surface area contributed by atoms with Crippen molar-refractivity contribution in [3.8, 4) is 16.9 Å². The molecule has 0 radical (unpaired) electrons. The highest BCUT2D eigenvalue weighted by Crippen LogP contribution is 2.53. The minimum Gasteiger partial charge on any atom is -0.490 e. The number of carbonyl (C=O) groups is 1. The molecule has 0 unspecified atom stereocenters. The monoisotopic (exact) mass is 730 g/mol. The molecule has 2 saturated carbocycles. The lowest BCUT2D eigenvalue weighted by Crippen LogP contribution is -2.50. The SMILES string of the molecule is CCCC(=O)N(CCCCc1cc(Cl)c(COC2(c3cnccc3-c3ccccc3OC3CC3)CC2)cc1Cl)C[C@H](O)[C@@H](O)[C@H](O)[C@H](O)CO. The fourth-order valence-electron chi connectivity index (χ4n) is 6.11. The van der Waals surface area contributed by atoms with E-state index in [0.717, 1.165) is 59.3 Å². The number of hydrogen-bond donors (Lipinski definition) is 5. The van der Waals surface area contributed by atoms with Gasteiger partial charge in [0.05, 0.1) is 24.9 Å². The molecular formula is C38H48Cl2N2O8. The fourth-order valence-corrected chi connectivity index (χ4v) is 6.63. The first-order valence-corrected chi connectivity index (χ1v) is 18.2. The second-order valence-electron chi connectivity index (χ2n) is 13.4. The third-order valence-corrected chi connectivity index (χ3v) is 10.1. The summed E-state index contributed by atoms with van der Waals surface area (Å²) in [4.78, 5) is 18.6. The van der Waals surface area contributed by atoms with E-state index in [9.17, 15) is 25.2 Å². The number of ether oxygens (including phenoxy) is 2. The van der Waals surface area contributed by atoms with E-state index >= 15 is 0 Å². The highest BCUT2D eigenvalue weighted by molar-refractivity contribution is 6.34. The number of aryl methyl sites for hydroxylation is 1. The number of carbonyl (C=O) groups excluding carboxylic acids is 1. The van der Waals surface area contributed by atoms with Crippen LogP contribution in [0.1, 0.15) is 75.0 Å². The van der Waals surface area contributed by atoms with Gasteiger partial charge in [0.1, 0.15) is 30.2 Å². The molecule has 0 spiro atoms. The van der Waals surface area contributed by atoms with Gasteiger partial charge in [-0.1, -0.05) is 48.3 Å². The first-order chi connectivity index (χ1) is 24.1. The summed E-state index contributed by atoms with van der Waals surface area (Å²) in [6.45, 7) is 1.46. The minimum atomic E-state index is -1.75. The minimum absolute atomic E-state index is 0.191. The Labute approximate surface area is 303 Å². The number of aliphatic hydroxyl groups excluding tert-OH is 5. The second kappa shape index (κ2) is 17.6. The molecule has 10 nitrogen and oxygen atoms in total. The van der Waals surface area contributed by atoms with Crippen LogP contribution in [0.25, 0.3) is 11.1 Å². The Kier molecular flexibility index (Phi) is 13.5. The van der Waals surface area contributed by atoms with E-state index in [0.29, 0.717) is 42.3 Å². The Hall–Kier alpha value is -2.80. The third kappa shape index (κ3) is 9.74. The molecule has 5 rings (SSSR count). The molecule has 2 aliphatic rings. The maximum Gasteiger partial charge on any atom is 0.222 e. The van der Waals surface area contributed by atoms with E-state index in [1.807, 2.05) is 49.5 Å². The average molecular weight is 732 g/mol. The van der Waals surface area contributed by atoms with E-state index in [-0.39, 0.29) is 31.6 Å². The van der Waals surface area contributed by atoms with Crippen LogP contribution in [-0.4, -0.2) is 91.5 Å². The van der Waals surface area contributed by atoms with Crippen LogP contribution in [0.4, 0.5) is 0 Å². The second-order valence-corrected chi connectivity index (χ2v) is 14.2. The van der Waals surface area contributed by atoms with Gasteiger partial charge in [-0.3, -0.25) is 9.78 Å². The Morgan fingerprint density at radius 1 is 0.980 bits per heavy atom. The smallest absolute Gasteiger partial charge is 0.222 e. The molecule has 1 aromatic heterocycles. The number of aliphatic hydroxyl groups is 5. The van der Waals surface area contributed by atoms with E-state index < -0.39 is 36.6 Å². The van der Waals surface area contributed by atoms with Gasteiger partial charge in [-0.25, -0.2) is 0 Å². The van der Waals surface area contributed by atoms with Crippen LogP contribution in [0, 0.1) is 0 Å². The Bertz CT molecular complexity index is 1580. The molecule has 3 aromatic rings. The standard InChI is InChI=1S/C38H48Cl2N2O8/c1-2-7-35(46)42(21-32(44)36(47)37(48)33(45)22-43)17-6-5-8-24-18-31(40)25(19-30(24)39)23-49-38(14-15-38)29-20-41-16-13-27(29)28-9-3-4-10-34(28)50-26-11-12-26/h3-4,9-10,13,16,18-20,26,32-33,36-37,43-45,47-48H,2,5-8,11-12,14-15,17,21-23H2,1H3/t32-,33+,36+,37+/m0/s1. The van der Waals surface area contributed by atoms with Gasteiger partial charge in [0.25, 0.3) is 0 Å². The summed E-state index contributed by atoms with van der Waals surface area (Å²) >= 11 is 13.5. The first-order valence-electron chi connectivity index (χ1n) is 17.5. The number of halogens is 2. The maximum atomic E-state index is 12.8. The van der Waals surface area contributed by atoms with Crippen LogP contribution >= 0.6 is 23.2 Å². The van der Waals surface area contributed by atoms with Crippen molar-refractivity contribution in [2.45, 2.75) is 107 Å². The molecule has 4 atom stereocenters. The van der Waals surface area contributed by atoms with Crippen molar-refractivity contribution < 1.29 is 39.8 Å². The van der Waals surface area contributed by atoms with Gasteiger partial charge in [0.15, 0.2) is 0 Å². The summed E-state index contributed by atoms with van der Waals surface area (Å²) in [6.07, 6.45) is 3.97. The molecule has 1 heterocycles. The molecule has 1 amide bonds. The largest absolute Gasteiger partial charge is 0.490 e. The highest BCUT2D eigenvalue weighted by atomic mass is 35.5. The topological polar surface area (TPSA) is 153 Å². The average Bonchev–Trinajstić information content (AvgIpc) is 4.07. The van der Waals surface area contributed by atoms with Crippen molar-refractivity contribution in [1.29, 1.82) is 0 Å². The van der Waals surface area contributed by atoms with Crippen LogP contribution in [0.15, 0.2) is 54.9 Å². The lowest BCUT2D eigenvalue weighted by molar-refractivity contribution is -0.139. The summed E-state index contributed by atoms with van der Waals surface area (Å²) in [5, 5.41) is 50.5. The van der Waals surface area contributed by atoms with Crippen LogP contribution in [-0.2, 0) is 28.2 Å². The van der Waals surface area contributed by atoms with Gasteiger partial charge in [0.2, 0.25) is 5.91 Å². The molecule has 50 heavy (non-hydrogen) atoms. The summed E-state index contributed by atoms with van der Waals surface area (Å²) in [6, 6.07) is 13.8. The number of rotatable bonds is 20. The summed E-state index contributed by atoms with van der Waals surface area (Å²) in [5.74, 6) is 0.680. The predicted octanol–water partition coefficient (Wildman–Crippen LogP) is 5.19. The zero-order chi connectivity index (χ0) is 35.8. The fraction of sp³-hybridized carbons (Fsp3) is 0.526. The summed E-state index contributed by atoms with van der Waals surface area (Å²) in [7, 11) is 0. The van der Waals surface area contributed by atoms with Gasteiger partial charge in [-0.15, -0.1) is 0 Å². The quantitative estimate of drug-likeness (QED) is 0.0990. The first kappa shape index (κ1) is 38.4. The zero-order valence-electron chi connectivity index (χ0n) is 28.4. The Morgan fingerprint density at radius 2 is 1.68 bits per heavy atom. The molecule has 12 heteroatoms. The number of benzene rings is 2. The number of hydrogen-bond acceptors (Lipinski definition) is 9. The van der Waals surface area contributed by atoms with Crippen molar-refractivity contribution >= 4 is 29.1 Å². The molecule has 5 N–H and O–H groups in total. The van der Waals surface area contributed by atoms with E-state index in [4.69, 9.17) is 37.8 Å². The number of nitrogens with zero attached hydrogens (tertiary/aromatic N) is 2. The zero-order valence-corrected chi connectivity index (χ0v) is 29.9. The molecular weight excluding hydrogens is 683 g/mol. The lowest BCUT2D eigenvalue weighted by atomic mass is 9.96. The molecule has 2 aliphatic carbocycles. The van der Waals surface area contributed by atoms with Crippen LogP contribution in [0.3, 0.4) is 0 Å². The molecule has 2 fully saturated rings. The number of pyridine rings is 1. The normalized spacial score (nSPS) is 17.5. The van der Waals surface area contributed by atoms with Gasteiger partial charge < -0.3 is 39.9 Å². The van der Waals surface area contributed by atoms with E-state index in [1.54, 1.807) is 6.20 Å².